The van der Waals surface area contributed by atoms with Crippen molar-refractivity contribution in [1.29, 1.82) is 0 Å². The van der Waals surface area contributed by atoms with Gasteiger partial charge in [-0.15, -0.1) is 37.2 Å². The van der Waals surface area contributed by atoms with Gasteiger partial charge in [0.1, 0.15) is 0 Å². The molecule has 67 valence electrons. The monoisotopic (exact) mass is 245 g/mol. The molecule has 0 aliphatic heterocycles. The molecule has 0 aliphatic rings. The molecule has 0 N–H and O–H groups in total. The van der Waals surface area contributed by atoms with Crippen molar-refractivity contribution >= 4 is 37.2 Å². The van der Waals surface area contributed by atoms with Gasteiger partial charge in [-0.3, -0.25) is 0 Å². The minimum atomic E-state index is 0. The van der Waals surface area contributed by atoms with E-state index in [1.54, 1.807) is 0 Å². The maximum absolute atomic E-state index is 2.00. The summed E-state index contributed by atoms with van der Waals surface area (Å²) < 4.78 is 0. The van der Waals surface area contributed by atoms with E-state index in [9.17, 15) is 0 Å². The van der Waals surface area contributed by atoms with Crippen LogP contribution in [0, 0.1) is 12.8 Å². The molecular formula is C6H17Cl3V. The molecule has 0 saturated carbocycles. The summed E-state index contributed by atoms with van der Waals surface area (Å²) in [5.74, 6) is 0. The van der Waals surface area contributed by atoms with E-state index in [4.69, 9.17) is 0 Å². The summed E-state index contributed by atoms with van der Waals surface area (Å²) in [6.45, 7) is 8.00. The van der Waals surface area contributed by atoms with Crippen LogP contribution < -0.4 is 0 Å². The molecule has 0 aromatic carbocycles. The zero-order valence-corrected chi connectivity index (χ0v) is 10.7. The fraction of sp³-hybridized carbons (Fsp3) is 0.667. The Kier molecular flexibility index (Phi) is 330. The first kappa shape index (κ1) is 42.1. The van der Waals surface area contributed by atoms with Crippen LogP contribution in [-0.4, -0.2) is 0 Å². The number of hydrogen-bond donors (Lipinski definition) is 0. The van der Waals surface area contributed by atoms with Crippen LogP contribution in [0.4, 0.5) is 0 Å². The molecule has 0 amide bonds. The zero-order valence-electron chi connectivity index (χ0n) is 6.83. The molecule has 10 heavy (non-hydrogen) atoms. The summed E-state index contributed by atoms with van der Waals surface area (Å²) in [5.41, 5.74) is 0. The topological polar surface area (TPSA) is 0 Å². The van der Waals surface area contributed by atoms with Gasteiger partial charge in [-0.25, -0.2) is 0 Å². The van der Waals surface area contributed by atoms with Crippen molar-refractivity contribution in [1.82, 2.24) is 0 Å². The van der Waals surface area contributed by atoms with E-state index in [0.29, 0.717) is 0 Å². The molecule has 4 heteroatoms. The van der Waals surface area contributed by atoms with Gasteiger partial charge in [0.2, 0.25) is 0 Å². The zero-order chi connectivity index (χ0) is 5.41. The molecule has 0 heterocycles. The van der Waals surface area contributed by atoms with Gasteiger partial charge in [0, 0.05) is 0 Å². The number of rotatable bonds is 0. The standard InChI is InChI=1S/2C3H7.3ClH.V/c2*1-3-2;;;;/h2*3H,1-2H3;3*1H;/q2*-1;;;;+2. The van der Waals surface area contributed by atoms with Gasteiger partial charge in [-0.05, 0) is 0 Å². The van der Waals surface area contributed by atoms with Crippen LogP contribution in [0.1, 0.15) is 27.7 Å². The summed E-state index contributed by atoms with van der Waals surface area (Å²) >= 11 is 0. The first-order chi connectivity index (χ1) is 2.83. The molecule has 0 aliphatic carbocycles. The van der Waals surface area contributed by atoms with Gasteiger partial charge in [0.15, 0.2) is 0 Å². The third-order valence-electron chi connectivity index (χ3n) is 0. The van der Waals surface area contributed by atoms with Crippen molar-refractivity contribution in [2.24, 2.45) is 0 Å². The Morgan fingerprint density at radius 1 is 0.600 bits per heavy atom. The van der Waals surface area contributed by atoms with Gasteiger partial charge >= 0.3 is 18.6 Å². The second-order valence-electron chi connectivity index (χ2n) is 1.15. The van der Waals surface area contributed by atoms with Crippen LogP contribution >= 0.6 is 37.2 Å². The quantitative estimate of drug-likeness (QED) is 0.572. The SMILES string of the molecule is C[CH-]C.C[CH-]C.Cl.Cl.Cl.[V+2]. The van der Waals surface area contributed by atoms with Gasteiger partial charge in [-0.1, -0.05) is 0 Å². The molecular weight excluding hydrogens is 229 g/mol. The minimum absolute atomic E-state index is 0. The molecule has 1 radical (unpaired) electrons. The Morgan fingerprint density at radius 3 is 0.600 bits per heavy atom. The second-order valence-corrected chi connectivity index (χ2v) is 1.15. The van der Waals surface area contributed by atoms with Crippen LogP contribution in [0.3, 0.4) is 0 Å². The van der Waals surface area contributed by atoms with Crippen LogP contribution in [-0.2, 0) is 18.6 Å². The summed E-state index contributed by atoms with van der Waals surface area (Å²) in [6, 6.07) is 0. The van der Waals surface area contributed by atoms with Crippen molar-refractivity contribution in [3.05, 3.63) is 12.8 Å². The Morgan fingerprint density at radius 2 is 0.600 bits per heavy atom. The fourth-order valence-electron chi connectivity index (χ4n) is 0. The Hall–Kier alpha value is 1.45. The third-order valence-corrected chi connectivity index (χ3v) is 0. The molecule has 0 bridgehead atoms. The van der Waals surface area contributed by atoms with Crippen molar-refractivity contribution in [3.63, 3.8) is 0 Å². The van der Waals surface area contributed by atoms with Crippen LogP contribution in [0.2, 0.25) is 0 Å². The van der Waals surface area contributed by atoms with E-state index < -0.39 is 0 Å². The first-order valence-electron chi connectivity index (χ1n) is 2.31. The molecule has 0 saturated heterocycles. The van der Waals surface area contributed by atoms with Crippen molar-refractivity contribution in [2.75, 3.05) is 0 Å². The van der Waals surface area contributed by atoms with Crippen LogP contribution in [0.15, 0.2) is 0 Å². The maximum Gasteiger partial charge on any atom is 2.00 e. The minimum Gasteiger partial charge on any atom is -0.335 e. The van der Waals surface area contributed by atoms with Gasteiger partial charge in [0.05, 0.1) is 0 Å². The molecule has 0 spiro atoms. The first-order valence-corrected chi connectivity index (χ1v) is 2.31. The maximum atomic E-state index is 2.00. The second kappa shape index (κ2) is 78.3. The van der Waals surface area contributed by atoms with E-state index in [-0.39, 0.29) is 55.8 Å². The van der Waals surface area contributed by atoms with E-state index in [2.05, 4.69) is 0 Å². The van der Waals surface area contributed by atoms with E-state index in [1.807, 2.05) is 40.5 Å². The summed E-state index contributed by atoms with van der Waals surface area (Å²) in [5, 5.41) is 0. The van der Waals surface area contributed by atoms with Gasteiger partial charge in [-0.2, -0.15) is 27.7 Å². The van der Waals surface area contributed by atoms with Crippen LogP contribution in [0.25, 0.3) is 0 Å². The Balaban J connectivity index is -0.00000000571. The molecule has 0 aromatic rings. The van der Waals surface area contributed by atoms with Crippen molar-refractivity contribution < 1.29 is 18.6 Å². The fourth-order valence-corrected chi connectivity index (χ4v) is 0. The Bertz CT molecular complexity index is 15.0. The smallest absolute Gasteiger partial charge is 0.335 e. The summed E-state index contributed by atoms with van der Waals surface area (Å²) in [4.78, 5) is 0. The van der Waals surface area contributed by atoms with E-state index in [0.717, 1.165) is 0 Å². The summed E-state index contributed by atoms with van der Waals surface area (Å²) in [6.07, 6.45) is 4.00. The van der Waals surface area contributed by atoms with E-state index in [1.165, 1.54) is 0 Å². The molecule has 0 atom stereocenters. The molecule has 0 nitrogen and oxygen atoms in total. The van der Waals surface area contributed by atoms with Gasteiger partial charge < -0.3 is 12.8 Å². The van der Waals surface area contributed by atoms with Crippen LogP contribution in [0.5, 0.6) is 0 Å². The normalized spacial score (nSPS) is 3.60. The van der Waals surface area contributed by atoms with Gasteiger partial charge in [0.25, 0.3) is 0 Å². The average Bonchev–Trinajstić information content (AvgIpc) is 1.39. The molecule has 0 aromatic heterocycles. The molecule has 0 fully saturated rings. The number of hydrogen-bond acceptors (Lipinski definition) is 0. The average molecular weight is 247 g/mol. The predicted octanol–water partition coefficient (Wildman–Crippen LogP) is 3.72. The van der Waals surface area contributed by atoms with E-state index >= 15 is 0 Å². The third kappa shape index (κ3) is 319. The van der Waals surface area contributed by atoms with Crippen molar-refractivity contribution in [3.8, 4) is 0 Å². The molecule has 0 unspecified atom stereocenters. The van der Waals surface area contributed by atoms with Crippen molar-refractivity contribution in [2.45, 2.75) is 27.7 Å². The Labute approximate surface area is 96.0 Å². The number of halogens is 3. The predicted molar refractivity (Wildman–Crippen MR) is 53.0 cm³/mol. The largest absolute Gasteiger partial charge is 2.00 e. The summed E-state index contributed by atoms with van der Waals surface area (Å²) in [7, 11) is 0. The molecule has 0 rings (SSSR count).